The third-order valence-electron chi connectivity index (χ3n) is 5.41. The Kier molecular flexibility index (Phi) is 7.14. The fourth-order valence-electron chi connectivity index (χ4n) is 3.55. The Labute approximate surface area is 186 Å². The molecule has 0 bridgehead atoms. The first-order valence-electron chi connectivity index (χ1n) is 10.5. The molecule has 0 radical (unpaired) electrons. The molecule has 0 amide bonds. The third-order valence-corrected chi connectivity index (χ3v) is 5.41. The van der Waals surface area contributed by atoms with Gasteiger partial charge in [-0.1, -0.05) is 18.2 Å². The van der Waals surface area contributed by atoms with Crippen LogP contribution in [0.15, 0.2) is 54.9 Å². The van der Waals surface area contributed by atoms with Gasteiger partial charge in [0.1, 0.15) is 23.7 Å². The summed E-state index contributed by atoms with van der Waals surface area (Å²) >= 11 is 0. The highest BCUT2D eigenvalue weighted by Gasteiger charge is 2.16. The molecule has 1 saturated heterocycles. The number of hydrogen-bond acceptors (Lipinski definition) is 6. The monoisotopic (exact) mass is 439 g/mol. The number of morpholine rings is 1. The fourth-order valence-corrected chi connectivity index (χ4v) is 3.55. The van der Waals surface area contributed by atoms with E-state index in [0.717, 1.165) is 56.1 Å². The predicted molar refractivity (Wildman–Crippen MR) is 117 cm³/mol. The molecule has 0 spiro atoms. The third kappa shape index (κ3) is 5.52. The van der Waals surface area contributed by atoms with Crippen LogP contribution in [0.2, 0.25) is 0 Å². The SMILES string of the molecule is COC(=O)c1cc(-c2cnn(CCN3CCOCC3)c2)ccc1OCc1ccc(F)cc1. The van der Waals surface area contributed by atoms with Crippen molar-refractivity contribution in [2.24, 2.45) is 0 Å². The lowest BCUT2D eigenvalue weighted by molar-refractivity contribution is 0.0360. The zero-order valence-electron chi connectivity index (χ0n) is 18.0. The molecule has 1 aliphatic rings. The number of hydrogen-bond donors (Lipinski definition) is 0. The molecule has 1 aromatic heterocycles. The number of methoxy groups -OCH3 is 1. The average molecular weight is 439 g/mol. The molecule has 3 aromatic rings. The molecule has 8 heteroatoms. The van der Waals surface area contributed by atoms with E-state index in [4.69, 9.17) is 14.2 Å². The Hall–Kier alpha value is -3.23. The Morgan fingerprint density at radius 3 is 2.62 bits per heavy atom. The first-order valence-corrected chi connectivity index (χ1v) is 10.5. The molecule has 0 N–H and O–H groups in total. The van der Waals surface area contributed by atoms with Gasteiger partial charge in [-0.25, -0.2) is 9.18 Å². The lowest BCUT2D eigenvalue weighted by Crippen LogP contribution is -2.38. The summed E-state index contributed by atoms with van der Waals surface area (Å²) in [6.45, 7) is 5.33. The zero-order chi connectivity index (χ0) is 22.3. The Balaban J connectivity index is 1.46. The van der Waals surface area contributed by atoms with Gasteiger partial charge in [0.15, 0.2) is 0 Å². The van der Waals surface area contributed by atoms with Crippen molar-refractivity contribution >= 4 is 5.97 Å². The van der Waals surface area contributed by atoms with Gasteiger partial charge in [0.05, 0.1) is 33.1 Å². The highest BCUT2D eigenvalue weighted by atomic mass is 19.1. The second kappa shape index (κ2) is 10.4. The zero-order valence-corrected chi connectivity index (χ0v) is 18.0. The van der Waals surface area contributed by atoms with Crippen molar-refractivity contribution in [2.45, 2.75) is 13.2 Å². The molecule has 1 fully saturated rings. The molecule has 0 aliphatic carbocycles. The number of carbonyl (C=O) groups excluding carboxylic acids is 1. The smallest absolute Gasteiger partial charge is 0.341 e. The van der Waals surface area contributed by atoms with Gasteiger partial charge >= 0.3 is 5.97 Å². The van der Waals surface area contributed by atoms with Crippen LogP contribution in [0.3, 0.4) is 0 Å². The number of nitrogens with zero attached hydrogens (tertiary/aromatic N) is 3. The summed E-state index contributed by atoms with van der Waals surface area (Å²) in [7, 11) is 1.34. The van der Waals surface area contributed by atoms with Crippen LogP contribution in [0.1, 0.15) is 15.9 Å². The molecule has 0 atom stereocenters. The van der Waals surface area contributed by atoms with E-state index in [-0.39, 0.29) is 12.4 Å². The normalized spacial score (nSPS) is 14.3. The number of carbonyl (C=O) groups is 1. The number of benzene rings is 2. The molecular formula is C24H26FN3O4. The minimum absolute atomic E-state index is 0.211. The van der Waals surface area contributed by atoms with Crippen molar-refractivity contribution in [3.05, 3.63) is 71.8 Å². The molecule has 4 rings (SSSR count). The fraction of sp³-hybridized carbons (Fsp3) is 0.333. The molecule has 1 aliphatic heterocycles. The molecule has 2 aromatic carbocycles. The highest BCUT2D eigenvalue weighted by Crippen LogP contribution is 2.28. The van der Waals surface area contributed by atoms with E-state index >= 15 is 0 Å². The summed E-state index contributed by atoms with van der Waals surface area (Å²) in [6, 6.07) is 11.4. The maximum atomic E-state index is 13.1. The van der Waals surface area contributed by atoms with Crippen LogP contribution in [-0.4, -0.2) is 60.6 Å². The standard InChI is InChI=1S/C24H26FN3O4/c1-30-24(29)22-14-19(4-7-23(22)32-17-18-2-5-21(25)6-3-18)20-15-26-28(16-20)9-8-27-10-12-31-13-11-27/h2-7,14-16H,8-13,17H2,1H3. The van der Waals surface area contributed by atoms with Crippen LogP contribution in [0.5, 0.6) is 5.75 Å². The van der Waals surface area contributed by atoms with Crippen molar-refractivity contribution in [3.8, 4) is 16.9 Å². The van der Waals surface area contributed by atoms with Crippen molar-refractivity contribution in [3.63, 3.8) is 0 Å². The van der Waals surface area contributed by atoms with Gasteiger partial charge in [-0.2, -0.15) is 5.10 Å². The van der Waals surface area contributed by atoms with Crippen LogP contribution < -0.4 is 4.74 Å². The van der Waals surface area contributed by atoms with Gasteiger partial charge in [0, 0.05) is 31.4 Å². The van der Waals surface area contributed by atoms with Gasteiger partial charge in [-0.05, 0) is 35.4 Å². The number of esters is 1. The van der Waals surface area contributed by atoms with Crippen molar-refractivity contribution < 1.29 is 23.4 Å². The summed E-state index contributed by atoms with van der Waals surface area (Å²) in [4.78, 5) is 14.7. The van der Waals surface area contributed by atoms with Crippen molar-refractivity contribution in [1.29, 1.82) is 0 Å². The molecule has 0 unspecified atom stereocenters. The van der Waals surface area contributed by atoms with E-state index < -0.39 is 5.97 Å². The average Bonchev–Trinajstić information content (AvgIpc) is 3.31. The summed E-state index contributed by atoms with van der Waals surface area (Å²) in [5, 5.41) is 4.46. The van der Waals surface area contributed by atoms with Gasteiger partial charge in [0.25, 0.3) is 0 Å². The van der Waals surface area contributed by atoms with Crippen LogP contribution in [0, 0.1) is 5.82 Å². The molecule has 2 heterocycles. The molecule has 32 heavy (non-hydrogen) atoms. The van der Waals surface area contributed by atoms with E-state index in [0.29, 0.717) is 11.3 Å². The largest absolute Gasteiger partial charge is 0.488 e. The van der Waals surface area contributed by atoms with Gasteiger partial charge < -0.3 is 14.2 Å². The van der Waals surface area contributed by atoms with Crippen molar-refractivity contribution in [1.82, 2.24) is 14.7 Å². The maximum Gasteiger partial charge on any atom is 0.341 e. The first-order chi connectivity index (χ1) is 15.6. The summed E-state index contributed by atoms with van der Waals surface area (Å²) in [5.41, 5.74) is 2.88. The van der Waals surface area contributed by atoms with E-state index in [9.17, 15) is 9.18 Å². The highest BCUT2D eigenvalue weighted by molar-refractivity contribution is 5.94. The van der Waals surface area contributed by atoms with Gasteiger partial charge in [0.2, 0.25) is 0 Å². The van der Waals surface area contributed by atoms with Gasteiger partial charge in [-0.15, -0.1) is 0 Å². The first kappa shape index (κ1) is 22.0. The lowest BCUT2D eigenvalue weighted by atomic mass is 10.1. The second-order valence-electron chi connectivity index (χ2n) is 7.56. The van der Waals surface area contributed by atoms with Crippen LogP contribution in [0.4, 0.5) is 4.39 Å². The maximum absolute atomic E-state index is 13.1. The number of rotatable bonds is 8. The number of aromatic nitrogens is 2. The quantitative estimate of drug-likeness (QED) is 0.502. The van der Waals surface area contributed by atoms with E-state index in [1.807, 2.05) is 16.9 Å². The van der Waals surface area contributed by atoms with Crippen LogP contribution in [-0.2, 0) is 22.6 Å². The number of halogens is 1. The number of ether oxygens (including phenoxy) is 3. The molecular weight excluding hydrogens is 413 g/mol. The Bertz CT molecular complexity index is 1050. The van der Waals surface area contributed by atoms with Crippen molar-refractivity contribution in [2.75, 3.05) is 40.0 Å². The lowest BCUT2D eigenvalue weighted by Gasteiger charge is -2.26. The topological polar surface area (TPSA) is 65.8 Å². The molecule has 0 saturated carbocycles. The van der Waals surface area contributed by atoms with Crippen LogP contribution in [0.25, 0.3) is 11.1 Å². The van der Waals surface area contributed by atoms with E-state index in [1.54, 1.807) is 30.5 Å². The summed E-state index contributed by atoms with van der Waals surface area (Å²) < 4.78 is 31.2. The minimum atomic E-state index is -0.485. The van der Waals surface area contributed by atoms with E-state index in [1.165, 1.54) is 19.2 Å². The summed E-state index contributed by atoms with van der Waals surface area (Å²) in [5.74, 6) is -0.385. The summed E-state index contributed by atoms with van der Waals surface area (Å²) in [6.07, 6.45) is 3.75. The van der Waals surface area contributed by atoms with Crippen LogP contribution >= 0.6 is 0 Å². The Morgan fingerprint density at radius 2 is 1.88 bits per heavy atom. The molecule has 168 valence electrons. The molecule has 7 nitrogen and oxygen atoms in total. The second-order valence-corrected chi connectivity index (χ2v) is 7.56. The minimum Gasteiger partial charge on any atom is -0.488 e. The Morgan fingerprint density at radius 1 is 1.09 bits per heavy atom. The van der Waals surface area contributed by atoms with Gasteiger partial charge in [-0.3, -0.25) is 9.58 Å². The predicted octanol–water partition coefficient (Wildman–Crippen LogP) is 3.39. The van der Waals surface area contributed by atoms with E-state index in [2.05, 4.69) is 10.00 Å².